The SMILES string of the molecule is CC1=Cc2ccc(C)c3cccc(c23)C1O. The summed E-state index contributed by atoms with van der Waals surface area (Å²) in [6, 6.07) is 10.4. The van der Waals surface area contributed by atoms with Crippen LogP contribution in [0.15, 0.2) is 35.9 Å². The number of aliphatic hydroxyl groups excluding tert-OH is 1. The lowest BCUT2D eigenvalue weighted by Crippen LogP contribution is -2.05. The molecule has 0 saturated heterocycles. The Bertz CT molecular complexity index is 608. The van der Waals surface area contributed by atoms with Gasteiger partial charge in [-0.15, -0.1) is 0 Å². The molecule has 0 saturated carbocycles. The predicted molar refractivity (Wildman–Crippen MR) is 67.3 cm³/mol. The number of benzene rings is 2. The van der Waals surface area contributed by atoms with Gasteiger partial charge in [-0.25, -0.2) is 0 Å². The minimum atomic E-state index is -0.446. The van der Waals surface area contributed by atoms with Gasteiger partial charge >= 0.3 is 0 Å². The minimum absolute atomic E-state index is 0.446. The lowest BCUT2D eigenvalue weighted by Gasteiger charge is -2.22. The van der Waals surface area contributed by atoms with Gasteiger partial charge in [0.15, 0.2) is 0 Å². The van der Waals surface area contributed by atoms with Gasteiger partial charge in [-0.05, 0) is 46.9 Å². The summed E-state index contributed by atoms with van der Waals surface area (Å²) in [6.45, 7) is 4.09. The van der Waals surface area contributed by atoms with Gasteiger partial charge in [0.25, 0.3) is 0 Å². The summed E-state index contributed by atoms with van der Waals surface area (Å²) in [5, 5.41) is 12.6. The zero-order valence-electron chi connectivity index (χ0n) is 9.49. The van der Waals surface area contributed by atoms with E-state index in [0.29, 0.717) is 0 Å². The molecule has 16 heavy (non-hydrogen) atoms. The standard InChI is InChI=1S/C15H14O/c1-9-6-7-11-8-10(2)15(16)13-5-3-4-12(9)14(11)13/h3-8,15-16H,1-2H3. The van der Waals surface area contributed by atoms with Crippen molar-refractivity contribution in [1.29, 1.82) is 0 Å². The Kier molecular flexibility index (Phi) is 1.92. The molecule has 2 aromatic carbocycles. The van der Waals surface area contributed by atoms with E-state index in [-0.39, 0.29) is 0 Å². The molecular weight excluding hydrogens is 196 g/mol. The van der Waals surface area contributed by atoms with Crippen LogP contribution in [0.3, 0.4) is 0 Å². The summed E-state index contributed by atoms with van der Waals surface area (Å²) in [5.74, 6) is 0. The number of hydrogen-bond acceptors (Lipinski definition) is 1. The van der Waals surface area contributed by atoms with Crippen molar-refractivity contribution in [2.24, 2.45) is 0 Å². The van der Waals surface area contributed by atoms with Crippen molar-refractivity contribution in [1.82, 2.24) is 0 Å². The molecule has 0 amide bonds. The third-order valence-electron chi connectivity index (χ3n) is 3.43. The Labute approximate surface area is 95.0 Å². The first kappa shape index (κ1) is 9.61. The molecule has 2 aromatic rings. The highest BCUT2D eigenvalue weighted by Gasteiger charge is 2.19. The van der Waals surface area contributed by atoms with Crippen molar-refractivity contribution in [3.8, 4) is 0 Å². The summed E-state index contributed by atoms with van der Waals surface area (Å²) in [5.41, 5.74) is 4.54. The molecule has 0 spiro atoms. The molecule has 1 nitrogen and oxygen atoms in total. The lowest BCUT2D eigenvalue weighted by molar-refractivity contribution is 0.218. The summed E-state index contributed by atoms with van der Waals surface area (Å²) in [4.78, 5) is 0. The molecule has 0 bridgehead atoms. The third kappa shape index (κ3) is 1.15. The first-order chi connectivity index (χ1) is 7.68. The normalized spacial score (nSPS) is 18.7. The van der Waals surface area contributed by atoms with Crippen LogP contribution in [0.4, 0.5) is 0 Å². The third-order valence-corrected chi connectivity index (χ3v) is 3.43. The van der Waals surface area contributed by atoms with Crippen LogP contribution in [0.2, 0.25) is 0 Å². The van der Waals surface area contributed by atoms with Gasteiger partial charge in [-0.3, -0.25) is 0 Å². The van der Waals surface area contributed by atoms with E-state index in [4.69, 9.17) is 0 Å². The van der Waals surface area contributed by atoms with Crippen LogP contribution >= 0.6 is 0 Å². The van der Waals surface area contributed by atoms with Gasteiger partial charge in [-0.1, -0.05) is 36.4 Å². The van der Waals surface area contributed by atoms with Crippen molar-refractivity contribution in [2.45, 2.75) is 20.0 Å². The molecular formula is C15H14O. The molecule has 0 heterocycles. The second-order valence-corrected chi connectivity index (χ2v) is 4.53. The Morgan fingerprint density at radius 1 is 1.06 bits per heavy atom. The zero-order valence-corrected chi connectivity index (χ0v) is 9.49. The maximum atomic E-state index is 10.2. The molecule has 1 atom stereocenters. The molecule has 1 aliphatic carbocycles. The van der Waals surface area contributed by atoms with E-state index in [1.165, 1.54) is 21.9 Å². The van der Waals surface area contributed by atoms with Crippen LogP contribution in [-0.2, 0) is 0 Å². The van der Waals surface area contributed by atoms with Crippen molar-refractivity contribution >= 4 is 16.8 Å². The highest BCUT2D eigenvalue weighted by Crippen LogP contribution is 2.37. The van der Waals surface area contributed by atoms with Gasteiger partial charge in [0.05, 0.1) is 0 Å². The largest absolute Gasteiger partial charge is 0.384 e. The molecule has 1 N–H and O–H groups in total. The van der Waals surface area contributed by atoms with E-state index >= 15 is 0 Å². The Morgan fingerprint density at radius 3 is 2.69 bits per heavy atom. The van der Waals surface area contributed by atoms with Gasteiger partial charge in [-0.2, -0.15) is 0 Å². The van der Waals surface area contributed by atoms with Crippen LogP contribution in [0.1, 0.15) is 29.7 Å². The molecule has 3 rings (SSSR count). The van der Waals surface area contributed by atoms with E-state index in [1.54, 1.807) is 0 Å². The number of aliphatic hydroxyl groups is 1. The van der Waals surface area contributed by atoms with Crippen molar-refractivity contribution in [2.75, 3.05) is 0 Å². The molecule has 0 aliphatic heterocycles. The van der Waals surface area contributed by atoms with Crippen LogP contribution in [-0.4, -0.2) is 5.11 Å². The minimum Gasteiger partial charge on any atom is -0.384 e. The quantitative estimate of drug-likeness (QED) is 0.704. The topological polar surface area (TPSA) is 20.2 Å². The number of rotatable bonds is 0. The fraction of sp³-hybridized carbons (Fsp3) is 0.200. The first-order valence-corrected chi connectivity index (χ1v) is 5.57. The monoisotopic (exact) mass is 210 g/mol. The highest BCUT2D eigenvalue weighted by molar-refractivity contribution is 5.97. The van der Waals surface area contributed by atoms with E-state index in [9.17, 15) is 5.11 Å². The summed E-state index contributed by atoms with van der Waals surface area (Å²) >= 11 is 0. The average molecular weight is 210 g/mol. The van der Waals surface area contributed by atoms with E-state index in [2.05, 4.69) is 31.2 Å². The smallest absolute Gasteiger partial charge is 0.101 e. The van der Waals surface area contributed by atoms with Gasteiger partial charge < -0.3 is 5.11 Å². The van der Waals surface area contributed by atoms with Gasteiger partial charge in [0.1, 0.15) is 6.10 Å². The molecule has 0 fully saturated rings. The van der Waals surface area contributed by atoms with Crippen LogP contribution in [0.5, 0.6) is 0 Å². The van der Waals surface area contributed by atoms with Crippen LogP contribution in [0, 0.1) is 6.92 Å². The summed E-state index contributed by atoms with van der Waals surface area (Å²) in [6.07, 6.45) is 1.64. The van der Waals surface area contributed by atoms with Gasteiger partial charge in [0.2, 0.25) is 0 Å². The summed E-state index contributed by atoms with van der Waals surface area (Å²) in [7, 11) is 0. The van der Waals surface area contributed by atoms with Crippen molar-refractivity contribution in [3.05, 3.63) is 52.6 Å². The molecule has 1 heteroatoms. The van der Waals surface area contributed by atoms with Crippen LogP contribution in [0.25, 0.3) is 16.8 Å². The predicted octanol–water partition coefficient (Wildman–Crippen LogP) is 3.60. The maximum absolute atomic E-state index is 10.2. The van der Waals surface area contributed by atoms with Crippen LogP contribution < -0.4 is 0 Å². The van der Waals surface area contributed by atoms with E-state index in [1.807, 2.05) is 19.1 Å². The molecule has 0 radical (unpaired) electrons. The van der Waals surface area contributed by atoms with E-state index < -0.39 is 6.10 Å². The van der Waals surface area contributed by atoms with E-state index in [0.717, 1.165) is 11.1 Å². The molecule has 1 aliphatic rings. The molecule has 80 valence electrons. The molecule has 1 unspecified atom stereocenters. The first-order valence-electron chi connectivity index (χ1n) is 5.57. The van der Waals surface area contributed by atoms with Gasteiger partial charge in [0, 0.05) is 0 Å². The second-order valence-electron chi connectivity index (χ2n) is 4.53. The highest BCUT2D eigenvalue weighted by atomic mass is 16.3. The number of hydrogen-bond donors (Lipinski definition) is 1. The Morgan fingerprint density at radius 2 is 1.88 bits per heavy atom. The fourth-order valence-electron chi connectivity index (χ4n) is 2.53. The lowest BCUT2D eigenvalue weighted by atomic mass is 9.86. The second kappa shape index (κ2) is 3.19. The maximum Gasteiger partial charge on any atom is 0.101 e. The Hall–Kier alpha value is -1.60. The zero-order chi connectivity index (χ0) is 11.3. The fourth-order valence-corrected chi connectivity index (χ4v) is 2.53. The Balaban J connectivity index is 2.51. The van der Waals surface area contributed by atoms with Crippen molar-refractivity contribution in [3.63, 3.8) is 0 Å². The number of aryl methyl sites for hydroxylation is 1. The summed E-state index contributed by atoms with van der Waals surface area (Å²) < 4.78 is 0. The average Bonchev–Trinajstić information content (AvgIpc) is 2.30. The van der Waals surface area contributed by atoms with Crippen molar-refractivity contribution < 1.29 is 5.11 Å². The molecule has 0 aromatic heterocycles.